The molecule has 0 spiro atoms. The Morgan fingerprint density at radius 1 is 0.930 bits per heavy atom. The van der Waals surface area contributed by atoms with Crippen LogP contribution in [0.15, 0.2) is 72.8 Å². The summed E-state index contributed by atoms with van der Waals surface area (Å²) in [6.45, 7) is 30.2. The second-order valence-electron chi connectivity index (χ2n) is 18.6. The monoisotopic (exact) mass is 962 g/mol. The molecule has 3 aromatic heterocycles. The predicted octanol–water partition coefficient (Wildman–Crippen LogP) is 14.8. The molecule has 0 saturated heterocycles. The van der Waals surface area contributed by atoms with Crippen LogP contribution in [0.4, 0.5) is 0 Å². The molecule has 0 fully saturated rings. The van der Waals surface area contributed by atoms with Crippen molar-refractivity contribution in [1.82, 2.24) is 9.97 Å². The van der Waals surface area contributed by atoms with Crippen molar-refractivity contribution in [2.24, 2.45) is 16.7 Å². The number of aromatic nitrogens is 2. The molecule has 3 heterocycles. The fraction of sp³-hybridized carbons (Fsp3) is 0.471. The summed E-state index contributed by atoms with van der Waals surface area (Å²) in [6, 6.07) is 19.7. The zero-order valence-corrected chi connectivity index (χ0v) is 40.2. The van der Waals surface area contributed by atoms with Crippen LogP contribution in [-0.4, -0.2) is 20.9 Å². The molecule has 1 N–H and O–H groups in total. The molecule has 0 unspecified atom stereocenters. The molecule has 307 valence electrons. The fourth-order valence-electron chi connectivity index (χ4n) is 7.78. The number of benzene rings is 2. The minimum atomic E-state index is -0.337. The van der Waals surface area contributed by atoms with Gasteiger partial charge in [0.25, 0.3) is 0 Å². The average Bonchev–Trinajstić information content (AvgIpc) is 3.67. The third-order valence-electron chi connectivity index (χ3n) is 12.4. The molecule has 0 saturated carbocycles. The summed E-state index contributed by atoms with van der Waals surface area (Å²) in [4.78, 5) is 23.4. The van der Waals surface area contributed by atoms with E-state index in [9.17, 15) is 9.90 Å². The minimum Gasteiger partial charge on any atom is -0.512 e. The van der Waals surface area contributed by atoms with Gasteiger partial charge in [0.15, 0.2) is 5.78 Å². The van der Waals surface area contributed by atoms with E-state index in [-0.39, 0.29) is 53.3 Å². The first-order valence-electron chi connectivity index (χ1n) is 20.7. The van der Waals surface area contributed by atoms with Gasteiger partial charge in [-0.3, -0.25) is 14.8 Å². The van der Waals surface area contributed by atoms with Gasteiger partial charge < -0.3 is 5.11 Å². The van der Waals surface area contributed by atoms with Crippen LogP contribution in [0.3, 0.4) is 0 Å². The van der Waals surface area contributed by atoms with Crippen LogP contribution in [0.25, 0.3) is 48.8 Å². The van der Waals surface area contributed by atoms with Gasteiger partial charge in [0.05, 0.1) is 0 Å². The van der Waals surface area contributed by atoms with Crippen molar-refractivity contribution in [2.75, 3.05) is 0 Å². The number of rotatable bonds is 11. The number of pyridine rings is 2. The van der Waals surface area contributed by atoms with Gasteiger partial charge in [-0.25, -0.2) is 0 Å². The SMILES string of the molecule is CC1=CC(C)(C)c2nc(-c3[c-]c4ccncc4c(C(C)(C)C)c3)cc(-c3ccc4cc(CC(C)C)sc4c3)c21.CCC(C)(CC)C(=O)/C=C(\O)C(C)(CC)CC.[Ir]. The van der Waals surface area contributed by atoms with Crippen LogP contribution < -0.4 is 0 Å². The van der Waals surface area contributed by atoms with Crippen LogP contribution in [0.2, 0.25) is 0 Å². The number of thiophene rings is 1. The van der Waals surface area contributed by atoms with E-state index in [1.165, 1.54) is 48.9 Å². The molecule has 2 aromatic carbocycles. The van der Waals surface area contributed by atoms with E-state index in [0.717, 1.165) is 59.8 Å². The van der Waals surface area contributed by atoms with Crippen LogP contribution >= 0.6 is 11.3 Å². The van der Waals surface area contributed by atoms with E-state index in [2.05, 4.69) is 115 Å². The maximum atomic E-state index is 12.2. The smallest absolute Gasteiger partial charge is 0.164 e. The molecule has 0 atom stereocenters. The molecule has 1 aliphatic carbocycles. The van der Waals surface area contributed by atoms with Crippen LogP contribution in [0.5, 0.6) is 0 Å². The third kappa shape index (κ3) is 9.72. The zero-order valence-electron chi connectivity index (χ0n) is 37.0. The molecule has 4 nitrogen and oxygen atoms in total. The summed E-state index contributed by atoms with van der Waals surface area (Å²) < 4.78 is 1.36. The van der Waals surface area contributed by atoms with Crippen LogP contribution in [-0.2, 0) is 42.2 Å². The van der Waals surface area contributed by atoms with Gasteiger partial charge in [-0.2, -0.15) is 0 Å². The number of fused-ring (bicyclic) bond motifs is 3. The van der Waals surface area contributed by atoms with Crippen LogP contribution in [0, 0.1) is 22.8 Å². The second-order valence-corrected chi connectivity index (χ2v) is 19.8. The summed E-state index contributed by atoms with van der Waals surface area (Å²) >= 11 is 1.93. The number of nitrogens with zero attached hydrogens (tertiary/aromatic N) is 2. The normalized spacial score (nSPS) is 14.3. The number of carbonyl (C=O) groups is 1. The van der Waals surface area contributed by atoms with Gasteiger partial charge in [-0.1, -0.05) is 131 Å². The van der Waals surface area contributed by atoms with E-state index >= 15 is 0 Å². The fourth-order valence-corrected chi connectivity index (χ4v) is 9.09. The molecule has 0 amide bonds. The summed E-state index contributed by atoms with van der Waals surface area (Å²) in [5.74, 6) is 0.944. The second kappa shape index (κ2) is 17.8. The Labute approximate surface area is 361 Å². The van der Waals surface area contributed by atoms with Crippen molar-refractivity contribution in [3.63, 3.8) is 0 Å². The van der Waals surface area contributed by atoms with E-state index in [1.807, 2.05) is 65.3 Å². The Bertz CT molecular complexity index is 2290. The van der Waals surface area contributed by atoms with Crippen molar-refractivity contribution in [1.29, 1.82) is 0 Å². The number of ketones is 1. The topological polar surface area (TPSA) is 63.1 Å². The zero-order chi connectivity index (χ0) is 41.4. The molecule has 0 bridgehead atoms. The number of carbonyl (C=O) groups excluding carboxylic acids is 1. The third-order valence-corrected chi connectivity index (χ3v) is 13.6. The summed E-state index contributed by atoms with van der Waals surface area (Å²) in [5, 5.41) is 13.7. The first-order chi connectivity index (χ1) is 26.2. The van der Waals surface area contributed by atoms with E-state index < -0.39 is 0 Å². The molecule has 57 heavy (non-hydrogen) atoms. The molecule has 1 aliphatic rings. The molecule has 5 aromatic rings. The molecule has 6 rings (SSSR count). The van der Waals surface area contributed by atoms with E-state index in [1.54, 1.807) is 0 Å². The molecule has 1 radical (unpaired) electrons. The standard InChI is InChI=1S/C36H37N2S.C15H28O2.Ir/c1-21(2)13-27-15-25-10-9-23(17-32(25)39-27)28-18-31(38-34-33(28)22(3)19-36(34,7)8)26-14-24-11-12-37-20-29(24)30(16-26)35(4,5)6;1-7-14(5,8-2)12(16)11-13(17)15(6,9-3)10-4;/h9-12,15-21H,13H2,1-8H3;11,16H,7-10H2,1-6H3;/q-1;;/b;12-11-;. The molecule has 0 aliphatic heterocycles. The minimum absolute atomic E-state index is 0. The molecular formula is C51H65IrN2O2S-. The average molecular weight is 962 g/mol. The van der Waals surface area contributed by atoms with Gasteiger partial charge in [0, 0.05) is 75.2 Å². The Morgan fingerprint density at radius 3 is 2.18 bits per heavy atom. The maximum absolute atomic E-state index is 12.2. The van der Waals surface area contributed by atoms with Crippen molar-refractivity contribution in [3.8, 4) is 22.4 Å². The largest absolute Gasteiger partial charge is 0.512 e. The van der Waals surface area contributed by atoms with Crippen molar-refractivity contribution in [3.05, 3.63) is 101 Å². The van der Waals surface area contributed by atoms with Crippen molar-refractivity contribution >= 4 is 43.6 Å². The van der Waals surface area contributed by atoms with Gasteiger partial charge in [-0.15, -0.1) is 34.9 Å². The Kier molecular flexibility index (Phi) is 14.5. The summed E-state index contributed by atoms with van der Waals surface area (Å²) in [7, 11) is 0. The van der Waals surface area contributed by atoms with Crippen LogP contribution in [0.1, 0.15) is 144 Å². The quantitative estimate of drug-likeness (QED) is 0.0814. The summed E-state index contributed by atoms with van der Waals surface area (Å²) in [5.41, 5.74) is 8.79. The van der Waals surface area contributed by atoms with E-state index in [0.29, 0.717) is 5.92 Å². The number of hydrogen-bond acceptors (Lipinski definition) is 5. The number of hydrogen-bond donors (Lipinski definition) is 1. The van der Waals surface area contributed by atoms with Gasteiger partial charge in [0.1, 0.15) is 5.76 Å². The number of allylic oxidation sites excluding steroid dienone is 4. The predicted molar refractivity (Wildman–Crippen MR) is 242 cm³/mol. The van der Waals surface area contributed by atoms with Crippen molar-refractivity contribution < 1.29 is 30.0 Å². The molecule has 6 heteroatoms. The molecular weight excluding hydrogens is 897 g/mol. The van der Waals surface area contributed by atoms with Gasteiger partial charge in [0.2, 0.25) is 0 Å². The number of aliphatic hydroxyl groups excluding tert-OH is 1. The first-order valence-corrected chi connectivity index (χ1v) is 21.6. The Hall–Kier alpha value is -3.44. The number of aliphatic hydroxyl groups is 1. The van der Waals surface area contributed by atoms with Crippen molar-refractivity contribution in [2.45, 2.75) is 140 Å². The van der Waals surface area contributed by atoms with E-state index in [4.69, 9.17) is 4.98 Å². The van der Waals surface area contributed by atoms with Gasteiger partial charge in [-0.05, 0) is 90.8 Å². The Balaban J connectivity index is 0.000000341. The van der Waals surface area contributed by atoms with Gasteiger partial charge >= 0.3 is 0 Å². The summed E-state index contributed by atoms with van der Waals surface area (Å²) in [6.07, 6.45) is 12.1. The Morgan fingerprint density at radius 2 is 1.58 bits per heavy atom. The first kappa shape index (κ1) is 46.3. The maximum Gasteiger partial charge on any atom is 0.164 e.